The molecule has 0 aliphatic carbocycles. The summed E-state index contributed by atoms with van der Waals surface area (Å²) in [7, 11) is 0. The van der Waals surface area contributed by atoms with E-state index in [1.807, 2.05) is 24.3 Å². The normalized spacial score (nSPS) is 11.6. The van der Waals surface area contributed by atoms with Crippen LogP contribution >= 0.6 is 0 Å². The van der Waals surface area contributed by atoms with Crippen molar-refractivity contribution in [1.82, 2.24) is 0 Å². The first-order valence-corrected chi connectivity index (χ1v) is 7.39. The first-order valence-electron chi connectivity index (χ1n) is 7.39. The summed E-state index contributed by atoms with van der Waals surface area (Å²) in [5.41, 5.74) is 9.24. The molecule has 22 heavy (non-hydrogen) atoms. The molecule has 5 nitrogen and oxygen atoms in total. The molecular formula is C17H23N3O2. The van der Waals surface area contributed by atoms with Gasteiger partial charge >= 0.3 is 0 Å². The second kappa shape index (κ2) is 8.24. The van der Waals surface area contributed by atoms with Gasteiger partial charge in [-0.05, 0) is 55.7 Å². The molecule has 0 saturated heterocycles. The number of hydrogen-bond acceptors (Lipinski definition) is 3. The molecule has 0 radical (unpaired) electrons. The highest BCUT2D eigenvalue weighted by atomic mass is 16.5. The van der Waals surface area contributed by atoms with E-state index in [1.54, 1.807) is 6.26 Å². The van der Waals surface area contributed by atoms with E-state index in [2.05, 4.69) is 30.2 Å². The third kappa shape index (κ3) is 5.61. The minimum atomic E-state index is 0.427. The van der Waals surface area contributed by atoms with Crippen molar-refractivity contribution in [2.75, 3.05) is 18.5 Å². The maximum atomic E-state index is 5.88. The molecule has 0 bridgehead atoms. The number of hydrogen-bond donors (Lipinski definition) is 2. The zero-order valence-electron chi connectivity index (χ0n) is 13.1. The van der Waals surface area contributed by atoms with Gasteiger partial charge in [0.05, 0.1) is 6.26 Å². The SMILES string of the molecule is Cc1cc(C)cc(NC(N)=NCCCOCc2ccco2)c1. The lowest BCUT2D eigenvalue weighted by atomic mass is 10.1. The number of guanidine groups is 1. The topological polar surface area (TPSA) is 72.8 Å². The van der Waals surface area contributed by atoms with Gasteiger partial charge in [0.1, 0.15) is 12.4 Å². The Bertz CT molecular complexity index is 586. The minimum Gasteiger partial charge on any atom is -0.467 e. The summed E-state index contributed by atoms with van der Waals surface area (Å²) in [6.45, 7) is 5.86. The number of rotatable bonds is 7. The van der Waals surface area contributed by atoms with Crippen LogP contribution < -0.4 is 11.1 Å². The first-order chi connectivity index (χ1) is 10.6. The van der Waals surface area contributed by atoms with E-state index in [0.29, 0.717) is 25.7 Å². The summed E-state index contributed by atoms with van der Waals surface area (Å²) in [5, 5.41) is 3.11. The van der Waals surface area contributed by atoms with Gasteiger partial charge in [0, 0.05) is 18.8 Å². The summed E-state index contributed by atoms with van der Waals surface area (Å²) in [6, 6.07) is 9.95. The van der Waals surface area contributed by atoms with E-state index in [9.17, 15) is 0 Å². The molecule has 2 rings (SSSR count). The molecule has 2 aromatic rings. The van der Waals surface area contributed by atoms with Crippen molar-refractivity contribution in [2.45, 2.75) is 26.9 Å². The van der Waals surface area contributed by atoms with Gasteiger partial charge in [0.15, 0.2) is 5.96 Å². The fraction of sp³-hybridized carbons (Fsp3) is 0.353. The fourth-order valence-electron chi connectivity index (χ4n) is 2.17. The van der Waals surface area contributed by atoms with Gasteiger partial charge in [-0.2, -0.15) is 0 Å². The molecule has 0 spiro atoms. The van der Waals surface area contributed by atoms with Gasteiger partial charge in [-0.15, -0.1) is 0 Å². The number of nitrogens with two attached hydrogens (primary N) is 1. The molecule has 0 unspecified atom stereocenters. The maximum absolute atomic E-state index is 5.88. The van der Waals surface area contributed by atoms with Gasteiger partial charge in [0.25, 0.3) is 0 Å². The molecule has 3 N–H and O–H groups in total. The summed E-state index contributed by atoms with van der Waals surface area (Å²) < 4.78 is 10.7. The zero-order valence-corrected chi connectivity index (χ0v) is 13.1. The van der Waals surface area contributed by atoms with Crippen molar-refractivity contribution in [3.8, 4) is 0 Å². The fourth-order valence-corrected chi connectivity index (χ4v) is 2.17. The maximum Gasteiger partial charge on any atom is 0.193 e. The molecular weight excluding hydrogens is 278 g/mol. The van der Waals surface area contributed by atoms with Crippen LogP contribution in [0.5, 0.6) is 0 Å². The van der Waals surface area contributed by atoms with Gasteiger partial charge in [-0.1, -0.05) is 6.07 Å². The van der Waals surface area contributed by atoms with Crippen LogP contribution in [0, 0.1) is 13.8 Å². The van der Waals surface area contributed by atoms with Crippen LogP contribution in [0.4, 0.5) is 5.69 Å². The Hall–Kier alpha value is -2.27. The number of ether oxygens (including phenoxy) is 1. The molecule has 0 aliphatic heterocycles. The monoisotopic (exact) mass is 301 g/mol. The number of nitrogens with zero attached hydrogens (tertiary/aromatic N) is 1. The summed E-state index contributed by atoms with van der Waals surface area (Å²) in [4.78, 5) is 4.29. The van der Waals surface area contributed by atoms with E-state index >= 15 is 0 Å². The van der Waals surface area contributed by atoms with Crippen molar-refractivity contribution < 1.29 is 9.15 Å². The van der Waals surface area contributed by atoms with E-state index in [4.69, 9.17) is 14.9 Å². The van der Waals surface area contributed by atoms with Gasteiger partial charge in [-0.3, -0.25) is 4.99 Å². The Morgan fingerprint density at radius 1 is 1.27 bits per heavy atom. The van der Waals surface area contributed by atoms with Gasteiger partial charge in [0.2, 0.25) is 0 Å². The smallest absolute Gasteiger partial charge is 0.193 e. The van der Waals surface area contributed by atoms with Crippen LogP contribution in [0.3, 0.4) is 0 Å². The number of anilines is 1. The molecule has 0 fully saturated rings. The van der Waals surface area contributed by atoms with Gasteiger partial charge < -0.3 is 20.2 Å². The summed E-state index contributed by atoms with van der Waals surface area (Å²) in [5.74, 6) is 1.26. The molecule has 1 aromatic carbocycles. The van der Waals surface area contributed by atoms with Crippen LogP contribution in [0.2, 0.25) is 0 Å². The highest BCUT2D eigenvalue weighted by Gasteiger charge is 1.98. The molecule has 0 atom stereocenters. The standard InChI is InChI=1S/C17H23N3O2/c1-13-9-14(2)11-15(10-13)20-17(18)19-6-4-7-21-12-16-5-3-8-22-16/h3,5,8-11H,4,6-7,12H2,1-2H3,(H3,18,19,20). The lowest BCUT2D eigenvalue weighted by Crippen LogP contribution is -2.23. The van der Waals surface area contributed by atoms with Crippen LogP contribution in [0.1, 0.15) is 23.3 Å². The highest BCUT2D eigenvalue weighted by Crippen LogP contribution is 2.13. The predicted molar refractivity (Wildman–Crippen MR) is 89.0 cm³/mol. The highest BCUT2D eigenvalue weighted by molar-refractivity contribution is 5.92. The number of benzene rings is 1. The molecule has 1 aromatic heterocycles. The van der Waals surface area contributed by atoms with Crippen molar-refractivity contribution in [1.29, 1.82) is 0 Å². The molecule has 1 heterocycles. The quantitative estimate of drug-likeness (QED) is 0.468. The molecule has 5 heteroatoms. The third-order valence-electron chi connectivity index (χ3n) is 3.05. The summed E-state index contributed by atoms with van der Waals surface area (Å²) in [6.07, 6.45) is 2.46. The number of aliphatic imine (C=N–C) groups is 1. The molecule has 0 saturated carbocycles. The Balaban J connectivity index is 1.66. The van der Waals surface area contributed by atoms with Crippen molar-refractivity contribution >= 4 is 11.6 Å². The number of aryl methyl sites for hydroxylation is 2. The second-order valence-electron chi connectivity index (χ2n) is 5.25. The third-order valence-corrected chi connectivity index (χ3v) is 3.05. The van der Waals surface area contributed by atoms with E-state index < -0.39 is 0 Å². The lowest BCUT2D eigenvalue weighted by Gasteiger charge is -2.08. The lowest BCUT2D eigenvalue weighted by molar-refractivity contribution is 0.105. The van der Waals surface area contributed by atoms with E-state index in [1.165, 1.54) is 11.1 Å². The number of furan rings is 1. The molecule has 0 amide bonds. The van der Waals surface area contributed by atoms with Crippen LogP contribution in [0.15, 0.2) is 46.0 Å². The first kappa shape index (κ1) is 16.1. The van der Waals surface area contributed by atoms with E-state index in [-0.39, 0.29) is 0 Å². The molecule has 0 aliphatic rings. The van der Waals surface area contributed by atoms with Crippen molar-refractivity contribution in [2.24, 2.45) is 10.7 Å². The Kier molecular flexibility index (Phi) is 6.03. The minimum absolute atomic E-state index is 0.427. The predicted octanol–water partition coefficient (Wildman–Crippen LogP) is 3.23. The summed E-state index contributed by atoms with van der Waals surface area (Å²) >= 11 is 0. The second-order valence-corrected chi connectivity index (χ2v) is 5.25. The largest absolute Gasteiger partial charge is 0.467 e. The van der Waals surface area contributed by atoms with Crippen LogP contribution in [0.25, 0.3) is 0 Å². The Labute approximate surface area is 131 Å². The Morgan fingerprint density at radius 3 is 2.73 bits per heavy atom. The van der Waals surface area contributed by atoms with Crippen LogP contribution in [-0.2, 0) is 11.3 Å². The van der Waals surface area contributed by atoms with E-state index in [0.717, 1.165) is 17.9 Å². The van der Waals surface area contributed by atoms with Crippen molar-refractivity contribution in [3.05, 3.63) is 53.5 Å². The zero-order chi connectivity index (χ0) is 15.8. The molecule has 118 valence electrons. The Morgan fingerprint density at radius 2 is 2.05 bits per heavy atom. The van der Waals surface area contributed by atoms with Crippen molar-refractivity contribution in [3.63, 3.8) is 0 Å². The van der Waals surface area contributed by atoms with Crippen LogP contribution in [-0.4, -0.2) is 19.1 Å². The van der Waals surface area contributed by atoms with Gasteiger partial charge in [-0.25, -0.2) is 0 Å². The average Bonchev–Trinajstić information content (AvgIpc) is 2.94. The average molecular weight is 301 g/mol. The number of nitrogens with one attached hydrogen (secondary N) is 1.